The molecule has 0 bridgehead atoms. The SMILES string of the molecule is Nc1cc(OC2CCC(NC(=O)c3cccnc3)CC2)c2nccnc2c1. The van der Waals surface area contributed by atoms with E-state index in [0.717, 1.165) is 36.7 Å². The van der Waals surface area contributed by atoms with Crippen LogP contribution in [0, 0.1) is 0 Å². The minimum Gasteiger partial charge on any atom is -0.488 e. The van der Waals surface area contributed by atoms with Crippen LogP contribution in [0.4, 0.5) is 5.69 Å². The molecule has 3 aromatic rings. The van der Waals surface area contributed by atoms with Crippen LogP contribution in [0.3, 0.4) is 0 Å². The molecule has 0 saturated heterocycles. The minimum absolute atomic E-state index is 0.0727. The number of aromatic nitrogens is 3. The molecule has 0 spiro atoms. The van der Waals surface area contributed by atoms with Crippen molar-refractivity contribution >= 4 is 22.6 Å². The number of pyridine rings is 1. The van der Waals surface area contributed by atoms with Gasteiger partial charge in [0.15, 0.2) is 0 Å². The second-order valence-electron chi connectivity index (χ2n) is 6.75. The van der Waals surface area contributed by atoms with Crippen LogP contribution < -0.4 is 15.8 Å². The van der Waals surface area contributed by atoms with Gasteiger partial charge in [0.05, 0.1) is 17.2 Å². The smallest absolute Gasteiger partial charge is 0.253 e. The van der Waals surface area contributed by atoms with Crippen molar-refractivity contribution in [1.29, 1.82) is 0 Å². The van der Waals surface area contributed by atoms with Gasteiger partial charge in [-0.1, -0.05) is 0 Å². The zero-order valence-electron chi connectivity index (χ0n) is 14.8. The second kappa shape index (κ2) is 7.57. The monoisotopic (exact) mass is 363 g/mol. The molecule has 2 heterocycles. The van der Waals surface area contributed by atoms with Gasteiger partial charge in [-0.05, 0) is 43.9 Å². The Balaban J connectivity index is 1.37. The van der Waals surface area contributed by atoms with Crippen molar-refractivity contribution in [1.82, 2.24) is 20.3 Å². The molecule has 3 N–H and O–H groups in total. The average Bonchev–Trinajstić information content (AvgIpc) is 2.70. The molecule has 138 valence electrons. The van der Waals surface area contributed by atoms with Gasteiger partial charge < -0.3 is 15.8 Å². The van der Waals surface area contributed by atoms with Crippen molar-refractivity contribution in [3.05, 3.63) is 54.6 Å². The lowest BCUT2D eigenvalue weighted by atomic mass is 9.92. The van der Waals surface area contributed by atoms with E-state index in [9.17, 15) is 4.79 Å². The van der Waals surface area contributed by atoms with Crippen molar-refractivity contribution in [2.75, 3.05) is 5.73 Å². The lowest BCUT2D eigenvalue weighted by Crippen LogP contribution is -2.39. The number of carbonyl (C=O) groups is 1. The molecule has 1 aliphatic rings. The predicted octanol–water partition coefficient (Wildman–Crippen LogP) is 2.73. The molecule has 2 aromatic heterocycles. The van der Waals surface area contributed by atoms with Gasteiger partial charge in [-0.2, -0.15) is 0 Å². The first-order chi connectivity index (χ1) is 13.2. The number of ether oxygens (including phenoxy) is 1. The molecular formula is C20H21N5O2. The van der Waals surface area contributed by atoms with E-state index in [4.69, 9.17) is 10.5 Å². The largest absolute Gasteiger partial charge is 0.488 e. The first-order valence-electron chi connectivity index (χ1n) is 9.07. The standard InChI is InChI=1S/C20H21N5O2/c21-14-10-17-19(24-9-8-23-17)18(11-14)27-16-5-3-15(4-6-16)25-20(26)13-2-1-7-22-12-13/h1-2,7-12,15-16H,3-6,21H2,(H,25,26). The number of nitrogens with zero attached hydrogens (tertiary/aromatic N) is 3. The Morgan fingerprint density at radius 1 is 1.11 bits per heavy atom. The van der Waals surface area contributed by atoms with Gasteiger partial charge in [0.25, 0.3) is 5.91 Å². The van der Waals surface area contributed by atoms with Gasteiger partial charge in [0.1, 0.15) is 11.3 Å². The second-order valence-corrected chi connectivity index (χ2v) is 6.75. The van der Waals surface area contributed by atoms with E-state index in [-0.39, 0.29) is 18.1 Å². The fourth-order valence-electron chi connectivity index (χ4n) is 3.42. The summed E-state index contributed by atoms with van der Waals surface area (Å²) in [4.78, 5) is 24.9. The third-order valence-electron chi connectivity index (χ3n) is 4.79. The first-order valence-corrected chi connectivity index (χ1v) is 9.07. The first kappa shape index (κ1) is 17.2. The summed E-state index contributed by atoms with van der Waals surface area (Å²) in [5.74, 6) is 0.588. The van der Waals surface area contributed by atoms with E-state index in [1.807, 2.05) is 0 Å². The molecule has 0 atom stereocenters. The third-order valence-corrected chi connectivity index (χ3v) is 4.79. The zero-order chi connectivity index (χ0) is 18.6. The van der Waals surface area contributed by atoms with Crippen LogP contribution in [-0.2, 0) is 0 Å². The van der Waals surface area contributed by atoms with Gasteiger partial charge >= 0.3 is 0 Å². The highest BCUT2D eigenvalue weighted by atomic mass is 16.5. The van der Waals surface area contributed by atoms with Crippen LogP contribution in [0.25, 0.3) is 11.0 Å². The van der Waals surface area contributed by atoms with Gasteiger partial charge in [0.2, 0.25) is 0 Å². The maximum Gasteiger partial charge on any atom is 0.253 e. The van der Waals surface area contributed by atoms with E-state index >= 15 is 0 Å². The van der Waals surface area contributed by atoms with Crippen molar-refractivity contribution in [3.8, 4) is 5.75 Å². The zero-order valence-corrected chi connectivity index (χ0v) is 14.8. The summed E-state index contributed by atoms with van der Waals surface area (Å²) in [6.07, 6.45) is 10.0. The number of carbonyl (C=O) groups excluding carboxylic acids is 1. The van der Waals surface area contributed by atoms with Crippen LogP contribution >= 0.6 is 0 Å². The van der Waals surface area contributed by atoms with Gasteiger partial charge in [-0.25, -0.2) is 4.98 Å². The van der Waals surface area contributed by atoms with Crippen LogP contribution in [0.15, 0.2) is 49.1 Å². The molecule has 1 saturated carbocycles. The van der Waals surface area contributed by atoms with Gasteiger partial charge in [-0.15, -0.1) is 0 Å². The van der Waals surface area contributed by atoms with Crippen molar-refractivity contribution < 1.29 is 9.53 Å². The van der Waals surface area contributed by atoms with Crippen molar-refractivity contribution in [2.45, 2.75) is 37.8 Å². The number of rotatable bonds is 4. The summed E-state index contributed by atoms with van der Waals surface area (Å²) >= 11 is 0. The molecule has 1 amide bonds. The van der Waals surface area contributed by atoms with Crippen molar-refractivity contribution in [3.63, 3.8) is 0 Å². The normalized spacial score (nSPS) is 19.6. The van der Waals surface area contributed by atoms with Crippen molar-refractivity contribution in [2.24, 2.45) is 0 Å². The number of anilines is 1. The highest BCUT2D eigenvalue weighted by molar-refractivity contribution is 5.94. The quantitative estimate of drug-likeness (QED) is 0.691. The molecule has 7 heteroatoms. The molecular weight excluding hydrogens is 342 g/mol. The average molecular weight is 363 g/mol. The Kier molecular flexibility index (Phi) is 4.82. The number of nitrogen functional groups attached to an aromatic ring is 1. The Morgan fingerprint density at radius 3 is 2.70 bits per heavy atom. The molecule has 1 fully saturated rings. The molecule has 0 aliphatic heterocycles. The van der Waals surface area contributed by atoms with E-state index in [1.54, 1.807) is 49.1 Å². The lowest BCUT2D eigenvalue weighted by Gasteiger charge is -2.29. The minimum atomic E-state index is -0.0791. The van der Waals surface area contributed by atoms with Crippen LogP contribution in [0.2, 0.25) is 0 Å². The number of hydrogen-bond donors (Lipinski definition) is 2. The Bertz CT molecular complexity index is 940. The number of nitrogens with one attached hydrogen (secondary N) is 1. The Labute approximate surface area is 157 Å². The molecule has 7 nitrogen and oxygen atoms in total. The fraction of sp³-hybridized carbons (Fsp3) is 0.300. The predicted molar refractivity (Wildman–Crippen MR) is 102 cm³/mol. The maximum atomic E-state index is 12.3. The summed E-state index contributed by atoms with van der Waals surface area (Å²) < 4.78 is 6.18. The summed E-state index contributed by atoms with van der Waals surface area (Å²) in [6, 6.07) is 7.27. The van der Waals surface area contributed by atoms with E-state index in [0.29, 0.717) is 17.0 Å². The summed E-state index contributed by atoms with van der Waals surface area (Å²) in [5.41, 5.74) is 8.60. The number of amides is 1. The molecule has 0 radical (unpaired) electrons. The van der Waals surface area contributed by atoms with Gasteiger partial charge in [0, 0.05) is 42.6 Å². The van der Waals surface area contributed by atoms with E-state index in [1.165, 1.54) is 0 Å². The summed E-state index contributed by atoms with van der Waals surface area (Å²) in [5, 5.41) is 3.08. The van der Waals surface area contributed by atoms with E-state index < -0.39 is 0 Å². The topological polar surface area (TPSA) is 103 Å². The van der Waals surface area contributed by atoms with Crippen LogP contribution in [-0.4, -0.2) is 33.0 Å². The number of benzene rings is 1. The molecule has 1 aromatic carbocycles. The summed E-state index contributed by atoms with van der Waals surface area (Å²) in [7, 11) is 0. The van der Waals surface area contributed by atoms with Crippen LogP contribution in [0.5, 0.6) is 5.75 Å². The third kappa shape index (κ3) is 3.97. The highest BCUT2D eigenvalue weighted by Crippen LogP contribution is 2.30. The number of nitrogens with two attached hydrogens (primary N) is 1. The fourth-order valence-corrected chi connectivity index (χ4v) is 3.42. The van der Waals surface area contributed by atoms with E-state index in [2.05, 4.69) is 20.3 Å². The Morgan fingerprint density at radius 2 is 1.93 bits per heavy atom. The highest BCUT2D eigenvalue weighted by Gasteiger charge is 2.24. The summed E-state index contributed by atoms with van der Waals surface area (Å²) in [6.45, 7) is 0. The molecule has 0 unspecified atom stereocenters. The molecule has 1 aliphatic carbocycles. The lowest BCUT2D eigenvalue weighted by molar-refractivity contribution is 0.0894. The van der Waals surface area contributed by atoms with Crippen LogP contribution in [0.1, 0.15) is 36.0 Å². The van der Waals surface area contributed by atoms with Gasteiger partial charge in [-0.3, -0.25) is 14.8 Å². The molecule has 4 rings (SSSR count). The molecule has 27 heavy (non-hydrogen) atoms. The Hall–Kier alpha value is -3.22. The maximum absolute atomic E-state index is 12.3. The number of hydrogen-bond acceptors (Lipinski definition) is 6. The number of fused-ring (bicyclic) bond motifs is 1.